The summed E-state index contributed by atoms with van der Waals surface area (Å²) in [6.45, 7) is 1.75. The average molecular weight is 295 g/mol. The fourth-order valence-electron chi connectivity index (χ4n) is 0.175. The molecule has 2 saturated heterocycles. The van der Waals surface area contributed by atoms with Crippen molar-refractivity contribution in [3.8, 4) is 0 Å². The van der Waals surface area contributed by atoms with Crippen molar-refractivity contribution in [2.45, 2.75) is 0 Å². The second kappa shape index (κ2) is 22.8. The van der Waals surface area contributed by atoms with Crippen LogP contribution in [0.3, 0.4) is 0 Å². The van der Waals surface area contributed by atoms with Crippen LogP contribution in [0.15, 0.2) is 0 Å². The van der Waals surface area contributed by atoms with E-state index >= 15 is 0 Å². The summed E-state index contributed by atoms with van der Waals surface area (Å²) >= 11 is 0. The summed E-state index contributed by atoms with van der Waals surface area (Å²) in [5.74, 6) is 0. The first-order valence-electron chi connectivity index (χ1n) is 3.17. The maximum atomic E-state index is 9.26. The molecule has 96 valence electrons. The summed E-state index contributed by atoms with van der Waals surface area (Å²) in [6, 6.07) is 0. The molecular weight excluding hydrogens is 289 g/mol. The van der Waals surface area contributed by atoms with Crippen LogP contribution in [0.5, 0.6) is 0 Å². The molecule has 2 aliphatic rings. The molecule has 12 nitrogen and oxygen atoms in total. The summed E-state index contributed by atoms with van der Waals surface area (Å²) in [4.78, 5) is 35.9. The first kappa shape index (κ1) is 23.7. The molecule has 0 aliphatic carbocycles. The Morgan fingerprint density at radius 3 is 1.61 bits per heavy atom. The molecular formula is C4H6Mg2O12+2. The van der Waals surface area contributed by atoms with Crippen LogP contribution in [0, 0.1) is 13.6 Å². The van der Waals surface area contributed by atoms with Crippen molar-refractivity contribution in [1.82, 2.24) is 0 Å². The molecule has 0 atom stereocenters. The smallest absolute Gasteiger partial charge is 0.354 e. The largest absolute Gasteiger partial charge is 2.00 e. The Balaban J connectivity index is -0.000000191. The van der Waals surface area contributed by atoms with Gasteiger partial charge in [0.2, 0.25) is 6.79 Å². The molecule has 0 radical (unpaired) electrons. The van der Waals surface area contributed by atoms with E-state index < -0.39 is 6.79 Å². The minimum absolute atomic E-state index is 0. The molecule has 14 heteroatoms. The topological polar surface area (TPSA) is 130 Å². The van der Waals surface area contributed by atoms with Crippen molar-refractivity contribution < 1.29 is 59.4 Å². The van der Waals surface area contributed by atoms with E-state index in [1.807, 2.05) is 0 Å². The minimum atomic E-state index is -0.477. The third kappa shape index (κ3) is 21.8. The first-order valence-corrected chi connectivity index (χ1v) is 3.17. The third-order valence-corrected chi connectivity index (χ3v) is 0.571. The second-order valence-electron chi connectivity index (χ2n) is 1.33. The Kier molecular flexibility index (Phi) is 29.9. The van der Waals surface area contributed by atoms with Gasteiger partial charge in [-0.25, -0.2) is 5.26 Å². The van der Waals surface area contributed by atoms with Gasteiger partial charge in [0.15, 0.2) is 0 Å². The van der Waals surface area contributed by atoms with Crippen molar-refractivity contribution in [2.75, 3.05) is 6.79 Å². The molecule has 2 aliphatic heterocycles. The Bertz CT molecular complexity index is 124. The van der Waals surface area contributed by atoms with Gasteiger partial charge in [-0.15, -0.1) is 10.1 Å². The van der Waals surface area contributed by atoms with Gasteiger partial charge in [-0.2, -0.15) is 9.78 Å². The fourth-order valence-corrected chi connectivity index (χ4v) is 0.175. The SMILES string of the molecule is O=COOCOOO.[CH-]1OOO1.[CH-]1OOO1.[Mg+2].[Mg+2]. The van der Waals surface area contributed by atoms with Gasteiger partial charge < -0.3 is 19.6 Å². The Labute approximate surface area is 132 Å². The van der Waals surface area contributed by atoms with Crippen LogP contribution in [-0.2, 0) is 54.1 Å². The maximum absolute atomic E-state index is 9.26. The van der Waals surface area contributed by atoms with Crippen LogP contribution in [0.1, 0.15) is 0 Å². The Morgan fingerprint density at radius 2 is 1.39 bits per heavy atom. The van der Waals surface area contributed by atoms with Gasteiger partial charge >= 0.3 is 52.6 Å². The van der Waals surface area contributed by atoms with Gasteiger partial charge in [0, 0.05) is 0 Å². The van der Waals surface area contributed by atoms with Crippen molar-refractivity contribution in [3.05, 3.63) is 13.6 Å². The Hall–Kier alpha value is 0.602. The summed E-state index contributed by atoms with van der Waals surface area (Å²) in [5.41, 5.74) is 0. The molecule has 0 amide bonds. The number of carbonyl (C=O) groups is 1. The quantitative estimate of drug-likeness (QED) is 0.123. The van der Waals surface area contributed by atoms with Crippen molar-refractivity contribution in [2.24, 2.45) is 0 Å². The molecule has 0 aromatic heterocycles. The van der Waals surface area contributed by atoms with Gasteiger partial charge in [0.1, 0.15) is 0 Å². The van der Waals surface area contributed by atoms with Crippen molar-refractivity contribution in [1.29, 1.82) is 0 Å². The van der Waals surface area contributed by atoms with Gasteiger partial charge in [-0.3, -0.25) is 9.68 Å². The summed E-state index contributed by atoms with van der Waals surface area (Å²) in [5, 5.41) is 17.8. The van der Waals surface area contributed by atoms with E-state index in [4.69, 9.17) is 5.26 Å². The monoisotopic (exact) mass is 294 g/mol. The van der Waals surface area contributed by atoms with Gasteiger partial charge in [-0.05, 0) is 13.6 Å². The zero-order chi connectivity index (χ0) is 11.9. The third-order valence-electron chi connectivity index (χ3n) is 0.571. The van der Waals surface area contributed by atoms with E-state index in [2.05, 4.69) is 49.3 Å². The molecule has 0 unspecified atom stereocenters. The Morgan fingerprint density at radius 1 is 1.00 bits per heavy atom. The number of hydrogen-bond donors (Lipinski definition) is 1. The van der Waals surface area contributed by atoms with Crippen LogP contribution in [-0.4, -0.2) is 64.6 Å². The van der Waals surface area contributed by atoms with Crippen LogP contribution in [0.2, 0.25) is 0 Å². The molecule has 0 spiro atoms. The van der Waals surface area contributed by atoms with E-state index in [-0.39, 0.29) is 52.6 Å². The standard InChI is InChI=1S/C2H4O6.2CHO3.2Mg/c3-1-5-6-2-7-8-4;2*1-2-4-3-1;;/h1,4H,2H2;2*1H;;/q;2*-1;2*+2. The van der Waals surface area contributed by atoms with E-state index in [0.717, 1.165) is 13.6 Å². The van der Waals surface area contributed by atoms with Crippen molar-refractivity contribution in [3.63, 3.8) is 0 Å². The molecule has 2 heterocycles. The zero-order valence-electron chi connectivity index (χ0n) is 8.79. The van der Waals surface area contributed by atoms with E-state index in [1.165, 1.54) is 0 Å². The van der Waals surface area contributed by atoms with Crippen molar-refractivity contribution >= 4 is 52.6 Å². The normalized spacial score (nSPS) is 14.5. The molecule has 18 heavy (non-hydrogen) atoms. The molecule has 0 aromatic carbocycles. The average Bonchev–Trinajstić information content (AvgIpc) is 2.07. The van der Waals surface area contributed by atoms with Crippen LogP contribution >= 0.6 is 0 Å². The van der Waals surface area contributed by atoms with Gasteiger partial charge in [0.05, 0.1) is 0 Å². The molecule has 1 N–H and O–H groups in total. The summed E-state index contributed by atoms with van der Waals surface area (Å²) in [7, 11) is 0. The van der Waals surface area contributed by atoms with Crippen LogP contribution < -0.4 is 0 Å². The molecule has 0 bridgehead atoms. The summed E-state index contributed by atoms with van der Waals surface area (Å²) < 4.78 is 0. The van der Waals surface area contributed by atoms with Gasteiger partial charge in [-0.1, -0.05) is 5.04 Å². The maximum Gasteiger partial charge on any atom is 2.00 e. The molecule has 2 fully saturated rings. The number of rotatable bonds is 5. The van der Waals surface area contributed by atoms with Gasteiger partial charge in [0.25, 0.3) is 0 Å². The summed E-state index contributed by atoms with van der Waals surface area (Å²) in [6.07, 6.45) is 0. The van der Waals surface area contributed by atoms with E-state index in [0.29, 0.717) is 0 Å². The minimum Gasteiger partial charge on any atom is -0.354 e. The van der Waals surface area contributed by atoms with Crippen LogP contribution in [0.25, 0.3) is 0 Å². The molecule has 2 rings (SSSR count). The fraction of sp³-hybridized carbons (Fsp3) is 0.250. The van der Waals surface area contributed by atoms with E-state index in [9.17, 15) is 4.79 Å². The predicted octanol–water partition coefficient (Wildman–Crippen LogP) is -1.29. The van der Waals surface area contributed by atoms with E-state index in [1.54, 1.807) is 0 Å². The number of hydrogen-bond acceptors (Lipinski definition) is 12. The predicted molar refractivity (Wildman–Crippen MR) is 44.5 cm³/mol. The second-order valence-corrected chi connectivity index (χ2v) is 1.33. The zero-order valence-corrected chi connectivity index (χ0v) is 11.6. The first-order chi connectivity index (χ1) is 7.91. The molecule has 0 saturated carbocycles. The number of carbonyl (C=O) groups excluding carboxylic acids is 1. The molecule has 0 aromatic rings. The van der Waals surface area contributed by atoms with Crippen LogP contribution in [0.4, 0.5) is 0 Å².